The number of nitrogens with zero attached hydrogens (tertiary/aromatic N) is 4. The minimum Gasteiger partial charge on any atom is -0.325 e. The van der Waals surface area contributed by atoms with Gasteiger partial charge in [-0.15, -0.1) is 10.2 Å². The Hall–Kier alpha value is -3.46. The van der Waals surface area contributed by atoms with Crippen LogP contribution in [0, 0.1) is 19.7 Å². The number of hydrogen-bond donors (Lipinski definition) is 1. The first-order valence-electron chi connectivity index (χ1n) is 9.14. The average Bonchev–Trinajstić information content (AvgIpc) is 3.14. The third kappa shape index (κ3) is 3.97. The average molecular weight is 423 g/mol. The van der Waals surface area contributed by atoms with Crippen LogP contribution in [0.3, 0.4) is 0 Å². The number of amides is 1. The van der Waals surface area contributed by atoms with Crippen molar-refractivity contribution in [2.24, 2.45) is 0 Å². The van der Waals surface area contributed by atoms with E-state index < -0.39 is 0 Å². The van der Waals surface area contributed by atoms with Crippen molar-refractivity contribution in [3.05, 3.63) is 82.2 Å². The number of rotatable bonds is 5. The van der Waals surface area contributed by atoms with Crippen LogP contribution in [-0.2, 0) is 4.79 Å². The largest absolute Gasteiger partial charge is 0.325 e. The summed E-state index contributed by atoms with van der Waals surface area (Å²) < 4.78 is 16.0. The van der Waals surface area contributed by atoms with Gasteiger partial charge in [-0.2, -0.15) is 0 Å². The molecule has 2 aromatic carbocycles. The third-order valence-electron chi connectivity index (χ3n) is 4.53. The van der Waals surface area contributed by atoms with Gasteiger partial charge in [-0.1, -0.05) is 29.5 Å². The highest BCUT2D eigenvalue weighted by atomic mass is 32.2. The molecule has 152 valence electrons. The second-order valence-electron chi connectivity index (χ2n) is 6.78. The van der Waals surface area contributed by atoms with Crippen molar-refractivity contribution in [1.82, 2.24) is 19.2 Å². The summed E-state index contributed by atoms with van der Waals surface area (Å²) in [5.41, 5.74) is 3.14. The van der Waals surface area contributed by atoms with Gasteiger partial charge >= 0.3 is 5.56 Å². The summed E-state index contributed by atoms with van der Waals surface area (Å²) >= 11 is 1.18. The fourth-order valence-electron chi connectivity index (χ4n) is 3.04. The van der Waals surface area contributed by atoms with Crippen LogP contribution >= 0.6 is 11.8 Å². The van der Waals surface area contributed by atoms with E-state index in [1.165, 1.54) is 45.0 Å². The van der Waals surface area contributed by atoms with Gasteiger partial charge < -0.3 is 5.32 Å². The lowest BCUT2D eigenvalue weighted by atomic mass is 10.1. The Kier molecular flexibility index (Phi) is 5.37. The normalized spacial score (nSPS) is 11.0. The van der Waals surface area contributed by atoms with Crippen molar-refractivity contribution in [2.75, 3.05) is 11.1 Å². The Labute approximate surface area is 175 Å². The zero-order valence-electron chi connectivity index (χ0n) is 16.3. The SMILES string of the molecule is Cc1ccc(NC(=O)CSc2nnc3c(=O)n(-c4ccc(F)cc4)ccn23)c(C)c1. The molecule has 2 heterocycles. The van der Waals surface area contributed by atoms with Gasteiger partial charge in [0.05, 0.1) is 5.75 Å². The first-order chi connectivity index (χ1) is 14.4. The second kappa shape index (κ2) is 8.11. The van der Waals surface area contributed by atoms with Gasteiger partial charge in [-0.25, -0.2) is 4.39 Å². The number of hydrogen-bond acceptors (Lipinski definition) is 5. The van der Waals surface area contributed by atoms with E-state index in [0.29, 0.717) is 10.8 Å². The minimum atomic E-state index is -0.386. The van der Waals surface area contributed by atoms with Gasteiger partial charge in [0, 0.05) is 23.8 Å². The first-order valence-corrected chi connectivity index (χ1v) is 10.1. The molecular formula is C21H18FN5O2S. The van der Waals surface area contributed by atoms with Crippen LogP contribution in [0.15, 0.2) is 64.8 Å². The molecule has 0 bridgehead atoms. The van der Waals surface area contributed by atoms with E-state index in [0.717, 1.165) is 16.8 Å². The van der Waals surface area contributed by atoms with Crippen molar-refractivity contribution < 1.29 is 9.18 Å². The van der Waals surface area contributed by atoms with Crippen molar-refractivity contribution in [3.63, 3.8) is 0 Å². The summed E-state index contributed by atoms with van der Waals surface area (Å²) in [7, 11) is 0. The summed E-state index contributed by atoms with van der Waals surface area (Å²) in [5, 5.41) is 11.3. The number of carbonyl (C=O) groups is 1. The Bertz CT molecular complexity index is 1300. The van der Waals surface area contributed by atoms with Crippen LogP contribution in [0.1, 0.15) is 11.1 Å². The van der Waals surface area contributed by atoms with Crippen molar-refractivity contribution in [3.8, 4) is 5.69 Å². The van der Waals surface area contributed by atoms with Crippen LogP contribution in [0.5, 0.6) is 0 Å². The van der Waals surface area contributed by atoms with E-state index in [1.54, 1.807) is 12.4 Å². The highest BCUT2D eigenvalue weighted by Crippen LogP contribution is 2.19. The summed E-state index contributed by atoms with van der Waals surface area (Å²) in [6.45, 7) is 3.93. The van der Waals surface area contributed by atoms with E-state index in [-0.39, 0.29) is 28.7 Å². The topological polar surface area (TPSA) is 81.3 Å². The lowest BCUT2D eigenvalue weighted by Gasteiger charge is -2.09. The van der Waals surface area contributed by atoms with Crippen LogP contribution in [-0.4, -0.2) is 30.8 Å². The molecule has 0 aliphatic heterocycles. The van der Waals surface area contributed by atoms with Gasteiger partial charge in [0.15, 0.2) is 5.16 Å². The van der Waals surface area contributed by atoms with Gasteiger partial charge in [0.25, 0.3) is 0 Å². The number of nitrogens with one attached hydrogen (secondary N) is 1. The zero-order valence-corrected chi connectivity index (χ0v) is 17.1. The molecule has 0 aliphatic carbocycles. The van der Waals surface area contributed by atoms with E-state index >= 15 is 0 Å². The number of aromatic nitrogens is 4. The fourth-order valence-corrected chi connectivity index (χ4v) is 3.76. The molecule has 30 heavy (non-hydrogen) atoms. The molecule has 4 aromatic rings. The second-order valence-corrected chi connectivity index (χ2v) is 7.72. The maximum atomic E-state index is 13.1. The highest BCUT2D eigenvalue weighted by Gasteiger charge is 2.14. The van der Waals surface area contributed by atoms with E-state index in [4.69, 9.17) is 0 Å². The Morgan fingerprint density at radius 2 is 1.87 bits per heavy atom. The molecule has 0 spiro atoms. The molecule has 9 heteroatoms. The molecular weight excluding hydrogens is 405 g/mol. The summed E-state index contributed by atoms with van der Waals surface area (Å²) in [5.74, 6) is -0.439. The van der Waals surface area contributed by atoms with Crippen molar-refractivity contribution in [1.29, 1.82) is 0 Å². The molecule has 0 unspecified atom stereocenters. The number of aryl methyl sites for hydroxylation is 2. The maximum absolute atomic E-state index is 13.1. The van der Waals surface area contributed by atoms with Gasteiger partial charge in [-0.05, 0) is 49.7 Å². The fraction of sp³-hybridized carbons (Fsp3) is 0.143. The number of anilines is 1. The molecule has 0 atom stereocenters. The summed E-state index contributed by atoms with van der Waals surface area (Å²) in [6, 6.07) is 11.4. The molecule has 0 aliphatic rings. The van der Waals surface area contributed by atoms with Gasteiger partial charge in [0.1, 0.15) is 5.82 Å². The van der Waals surface area contributed by atoms with Crippen molar-refractivity contribution >= 4 is 29.0 Å². The predicted octanol–water partition coefficient (Wildman–Crippen LogP) is 3.37. The Morgan fingerprint density at radius 1 is 1.10 bits per heavy atom. The van der Waals surface area contributed by atoms with E-state index in [2.05, 4.69) is 15.5 Å². The van der Waals surface area contributed by atoms with Crippen LogP contribution in [0.2, 0.25) is 0 Å². The molecule has 0 saturated carbocycles. The van der Waals surface area contributed by atoms with Crippen LogP contribution < -0.4 is 10.9 Å². The Balaban J connectivity index is 1.51. The van der Waals surface area contributed by atoms with E-state index in [9.17, 15) is 14.0 Å². The minimum absolute atomic E-state index is 0.120. The lowest BCUT2D eigenvalue weighted by Crippen LogP contribution is -2.20. The molecule has 1 amide bonds. The molecule has 0 fully saturated rings. The molecule has 1 N–H and O–H groups in total. The number of halogens is 1. The standard InChI is InChI=1S/C21H18FN5O2S/c1-13-3-8-17(14(2)11-13)23-18(28)12-30-21-25-24-19-20(29)26(9-10-27(19)21)16-6-4-15(22)5-7-16/h3-11H,12H2,1-2H3,(H,23,28). The molecule has 4 rings (SSSR count). The maximum Gasteiger partial charge on any atom is 0.300 e. The number of carbonyl (C=O) groups excluding carboxylic acids is 1. The van der Waals surface area contributed by atoms with E-state index in [1.807, 2.05) is 32.0 Å². The quantitative estimate of drug-likeness (QED) is 0.498. The molecule has 7 nitrogen and oxygen atoms in total. The Morgan fingerprint density at radius 3 is 2.60 bits per heavy atom. The van der Waals surface area contributed by atoms with Gasteiger partial charge in [0.2, 0.25) is 11.6 Å². The molecule has 2 aromatic heterocycles. The van der Waals surface area contributed by atoms with Gasteiger partial charge in [-0.3, -0.25) is 18.6 Å². The monoisotopic (exact) mass is 423 g/mol. The summed E-state index contributed by atoms with van der Waals surface area (Å²) in [6.07, 6.45) is 3.20. The lowest BCUT2D eigenvalue weighted by molar-refractivity contribution is -0.113. The third-order valence-corrected chi connectivity index (χ3v) is 5.48. The smallest absolute Gasteiger partial charge is 0.300 e. The van der Waals surface area contributed by atoms with Crippen molar-refractivity contribution in [2.45, 2.75) is 19.0 Å². The highest BCUT2D eigenvalue weighted by molar-refractivity contribution is 7.99. The number of benzene rings is 2. The summed E-state index contributed by atoms with van der Waals surface area (Å²) in [4.78, 5) is 25.1. The molecule has 0 saturated heterocycles. The van der Waals surface area contributed by atoms with Crippen LogP contribution in [0.4, 0.5) is 10.1 Å². The zero-order chi connectivity index (χ0) is 21.3. The molecule has 0 radical (unpaired) electrons. The van der Waals surface area contributed by atoms with Crippen LogP contribution in [0.25, 0.3) is 11.3 Å². The predicted molar refractivity (Wildman–Crippen MR) is 114 cm³/mol. The number of thioether (sulfide) groups is 1. The number of fused-ring (bicyclic) bond motifs is 1. The first kappa shape index (κ1) is 19.8.